The van der Waals surface area contributed by atoms with Crippen LogP contribution in [0.15, 0.2) is 54.9 Å². The summed E-state index contributed by atoms with van der Waals surface area (Å²) in [7, 11) is 0. The molecule has 1 aromatic heterocycles. The fourth-order valence-corrected chi connectivity index (χ4v) is 2.47. The molecule has 0 radical (unpaired) electrons. The molecule has 1 aliphatic heterocycles. The molecule has 0 spiro atoms. The van der Waals surface area contributed by atoms with E-state index >= 15 is 0 Å². The minimum Gasteiger partial charge on any atom is -0.367 e. The monoisotopic (exact) mass is 268 g/mol. The molecule has 2 aromatic rings. The van der Waals surface area contributed by atoms with E-state index in [1.165, 1.54) is 12.8 Å². The van der Waals surface area contributed by atoms with Crippen molar-refractivity contribution >= 4 is 11.6 Å². The smallest absolute Gasteiger partial charge is 0.305 e. The van der Waals surface area contributed by atoms with Crippen molar-refractivity contribution in [3.63, 3.8) is 0 Å². The molecule has 1 amide bonds. The number of pyridine rings is 1. The van der Waals surface area contributed by atoms with Crippen molar-refractivity contribution in [3.05, 3.63) is 60.4 Å². The maximum Gasteiger partial charge on any atom is 0.305 e. The summed E-state index contributed by atoms with van der Waals surface area (Å²) in [6.45, 7) is 2.19. The molecule has 20 heavy (non-hydrogen) atoms. The number of anilines is 1. The zero-order chi connectivity index (χ0) is 13.8. The Morgan fingerprint density at radius 3 is 2.55 bits per heavy atom. The first-order valence-corrected chi connectivity index (χ1v) is 6.95. The van der Waals surface area contributed by atoms with Crippen LogP contribution in [0.5, 0.6) is 0 Å². The molecule has 0 aliphatic carbocycles. The topological polar surface area (TPSA) is 36.2 Å². The highest BCUT2D eigenvalue weighted by Gasteiger charge is 2.16. The highest BCUT2D eigenvalue weighted by atomic mass is 16.2. The lowest BCUT2D eigenvalue weighted by Crippen LogP contribution is -2.48. The van der Waals surface area contributed by atoms with Gasteiger partial charge < -0.3 is 4.90 Å². The van der Waals surface area contributed by atoms with Gasteiger partial charge in [0.25, 0.3) is 0 Å². The van der Waals surface area contributed by atoms with Crippen molar-refractivity contribution < 1.29 is 9.47 Å². The zero-order valence-electron chi connectivity index (χ0n) is 11.3. The number of nitrogens with zero attached hydrogens (tertiary/aromatic N) is 2. The van der Waals surface area contributed by atoms with E-state index < -0.39 is 0 Å². The minimum atomic E-state index is -0.103. The summed E-state index contributed by atoms with van der Waals surface area (Å²) >= 11 is 0. The summed E-state index contributed by atoms with van der Waals surface area (Å²) < 4.78 is 1.73. The standard InChI is InChI=1S/C16H17N3O/c20-16(14-7-2-1-3-8-14)17-19-12-6-9-15(13-19)18-10-4-5-11-18/h1-3,6-9,12-13H,4-5,10-11H2/p+1. The molecular weight excluding hydrogens is 250 g/mol. The molecule has 0 bridgehead atoms. The number of rotatable bonds is 3. The average molecular weight is 268 g/mol. The first-order chi connectivity index (χ1) is 9.83. The Balaban J connectivity index is 1.74. The minimum absolute atomic E-state index is 0.103. The molecule has 102 valence electrons. The van der Waals surface area contributed by atoms with Crippen LogP contribution < -0.4 is 15.0 Å². The third-order valence-corrected chi connectivity index (χ3v) is 3.52. The summed E-state index contributed by atoms with van der Waals surface area (Å²) in [5.74, 6) is -0.103. The Morgan fingerprint density at radius 1 is 1.05 bits per heavy atom. The lowest BCUT2D eigenvalue weighted by Gasteiger charge is -2.15. The summed E-state index contributed by atoms with van der Waals surface area (Å²) in [6.07, 6.45) is 6.29. The fourth-order valence-electron chi connectivity index (χ4n) is 2.47. The van der Waals surface area contributed by atoms with Crippen molar-refractivity contribution in [3.8, 4) is 0 Å². The summed E-state index contributed by atoms with van der Waals surface area (Å²) in [4.78, 5) is 14.4. The van der Waals surface area contributed by atoms with E-state index in [1.54, 1.807) is 16.8 Å². The van der Waals surface area contributed by atoms with Gasteiger partial charge in [0, 0.05) is 24.7 Å². The largest absolute Gasteiger partial charge is 0.367 e. The third-order valence-electron chi connectivity index (χ3n) is 3.52. The van der Waals surface area contributed by atoms with Crippen molar-refractivity contribution in [2.75, 3.05) is 23.4 Å². The average Bonchev–Trinajstić information content (AvgIpc) is 3.03. The van der Waals surface area contributed by atoms with Crippen LogP contribution in [-0.2, 0) is 0 Å². The number of aromatic nitrogens is 1. The molecule has 1 N–H and O–H groups in total. The van der Waals surface area contributed by atoms with Gasteiger partial charge in [-0.05, 0) is 31.0 Å². The van der Waals surface area contributed by atoms with Crippen molar-refractivity contribution in [1.29, 1.82) is 0 Å². The number of nitrogens with one attached hydrogen (secondary N) is 1. The maximum absolute atomic E-state index is 12.1. The van der Waals surface area contributed by atoms with E-state index in [-0.39, 0.29) is 5.91 Å². The van der Waals surface area contributed by atoms with Crippen LogP contribution in [0.25, 0.3) is 0 Å². The van der Waals surface area contributed by atoms with E-state index in [1.807, 2.05) is 36.7 Å². The Labute approximate surface area is 118 Å². The Bertz CT molecular complexity index is 592. The van der Waals surface area contributed by atoms with Gasteiger partial charge in [0.1, 0.15) is 5.69 Å². The third kappa shape index (κ3) is 2.79. The van der Waals surface area contributed by atoms with E-state index in [9.17, 15) is 4.79 Å². The van der Waals surface area contributed by atoms with Crippen LogP contribution in [0.2, 0.25) is 0 Å². The Morgan fingerprint density at radius 2 is 1.80 bits per heavy atom. The van der Waals surface area contributed by atoms with Crippen LogP contribution in [0, 0.1) is 0 Å². The van der Waals surface area contributed by atoms with E-state index in [2.05, 4.69) is 16.4 Å². The molecule has 1 aliphatic rings. The van der Waals surface area contributed by atoms with E-state index in [0.717, 1.165) is 18.8 Å². The molecule has 0 saturated carbocycles. The summed E-state index contributed by atoms with van der Waals surface area (Å²) in [6, 6.07) is 13.3. The molecular formula is C16H18N3O+. The van der Waals surface area contributed by atoms with Crippen LogP contribution in [0.3, 0.4) is 0 Å². The van der Waals surface area contributed by atoms with Gasteiger partial charge in [-0.25, -0.2) is 0 Å². The predicted octanol–water partition coefficient (Wildman–Crippen LogP) is 1.96. The zero-order valence-corrected chi connectivity index (χ0v) is 11.3. The SMILES string of the molecule is O=C(N[n+]1cccc(N2CCCC2)c1)c1ccccc1. The van der Waals surface area contributed by atoms with Gasteiger partial charge in [-0.2, -0.15) is 0 Å². The lowest BCUT2D eigenvalue weighted by atomic mass is 10.2. The van der Waals surface area contributed by atoms with Crippen LogP contribution in [0.1, 0.15) is 23.2 Å². The van der Waals surface area contributed by atoms with E-state index in [0.29, 0.717) is 5.56 Å². The van der Waals surface area contributed by atoms with Crippen molar-refractivity contribution in [2.45, 2.75) is 12.8 Å². The van der Waals surface area contributed by atoms with Gasteiger partial charge in [0.15, 0.2) is 6.20 Å². The molecule has 4 nitrogen and oxygen atoms in total. The van der Waals surface area contributed by atoms with Crippen molar-refractivity contribution in [1.82, 2.24) is 0 Å². The molecule has 4 heteroatoms. The first kappa shape index (κ1) is 12.7. The van der Waals surface area contributed by atoms with Gasteiger partial charge in [-0.15, -0.1) is 5.43 Å². The number of carbonyl (C=O) groups is 1. The molecule has 0 atom stereocenters. The normalized spacial score (nSPS) is 14.3. The van der Waals surface area contributed by atoms with Crippen molar-refractivity contribution in [2.24, 2.45) is 0 Å². The second-order valence-electron chi connectivity index (χ2n) is 4.97. The highest BCUT2D eigenvalue weighted by Crippen LogP contribution is 2.17. The second-order valence-corrected chi connectivity index (χ2v) is 4.97. The molecule has 2 heterocycles. The van der Waals surface area contributed by atoms with Gasteiger partial charge in [0.2, 0.25) is 6.20 Å². The quantitative estimate of drug-likeness (QED) is 0.864. The number of amides is 1. The number of hydrogen-bond donors (Lipinski definition) is 1. The van der Waals surface area contributed by atoms with Crippen LogP contribution >= 0.6 is 0 Å². The summed E-state index contributed by atoms with van der Waals surface area (Å²) in [5.41, 5.74) is 4.68. The molecule has 3 rings (SSSR count). The summed E-state index contributed by atoms with van der Waals surface area (Å²) in [5, 5.41) is 0. The maximum atomic E-state index is 12.1. The second kappa shape index (κ2) is 5.74. The number of hydrogen-bond acceptors (Lipinski definition) is 2. The number of carbonyl (C=O) groups excluding carboxylic acids is 1. The molecule has 1 aromatic carbocycles. The first-order valence-electron chi connectivity index (χ1n) is 6.95. The van der Waals surface area contributed by atoms with Crippen LogP contribution in [0.4, 0.5) is 5.69 Å². The predicted molar refractivity (Wildman–Crippen MR) is 78.2 cm³/mol. The van der Waals surface area contributed by atoms with Gasteiger partial charge >= 0.3 is 5.91 Å². The van der Waals surface area contributed by atoms with E-state index in [4.69, 9.17) is 0 Å². The molecule has 1 fully saturated rings. The van der Waals surface area contributed by atoms with Gasteiger partial charge in [-0.3, -0.25) is 4.79 Å². The molecule has 1 saturated heterocycles. The fraction of sp³-hybridized carbons (Fsp3) is 0.250. The van der Waals surface area contributed by atoms with Gasteiger partial charge in [0.05, 0.1) is 0 Å². The van der Waals surface area contributed by atoms with Crippen LogP contribution in [-0.4, -0.2) is 19.0 Å². The lowest BCUT2D eigenvalue weighted by molar-refractivity contribution is -0.640. The Hall–Kier alpha value is -2.36. The number of benzene rings is 1. The van der Waals surface area contributed by atoms with Gasteiger partial charge in [-0.1, -0.05) is 22.9 Å². The highest BCUT2D eigenvalue weighted by molar-refractivity contribution is 5.98. The Kier molecular flexibility index (Phi) is 3.63. The molecule has 0 unspecified atom stereocenters.